The number of carbonyl (C=O) groups excluding carboxylic acids is 3. The summed E-state index contributed by atoms with van der Waals surface area (Å²) in [6.07, 6.45) is 0. The fourth-order valence-electron chi connectivity index (χ4n) is 2.07. The summed E-state index contributed by atoms with van der Waals surface area (Å²) in [7, 11) is 2.48. The van der Waals surface area contributed by atoms with E-state index in [0.717, 1.165) is 4.90 Å². The lowest BCUT2D eigenvalue weighted by Gasteiger charge is -2.11. The van der Waals surface area contributed by atoms with Gasteiger partial charge < -0.3 is 14.8 Å². The highest BCUT2D eigenvalue weighted by Gasteiger charge is 2.17. The lowest BCUT2D eigenvalue weighted by atomic mass is 10.1. The molecule has 26 heavy (non-hydrogen) atoms. The number of carbonyl (C=O) groups is 3. The molecule has 0 radical (unpaired) electrons. The van der Waals surface area contributed by atoms with Crippen molar-refractivity contribution in [2.45, 2.75) is 4.90 Å². The predicted octanol–water partition coefficient (Wildman–Crippen LogP) is 3.64. The SMILES string of the molecule is COC(=O)c1ccc(C(=O)OC)c(NC(=O)CSc2ccccc2Cl)c1. The highest BCUT2D eigenvalue weighted by Crippen LogP contribution is 2.27. The highest BCUT2D eigenvalue weighted by atomic mass is 35.5. The monoisotopic (exact) mass is 393 g/mol. The molecule has 0 saturated carbocycles. The molecule has 0 atom stereocenters. The first kappa shape index (κ1) is 19.8. The first-order valence-corrected chi connectivity index (χ1v) is 8.80. The second-order valence-electron chi connectivity index (χ2n) is 5.01. The van der Waals surface area contributed by atoms with Gasteiger partial charge in [-0.15, -0.1) is 11.8 Å². The van der Waals surface area contributed by atoms with Crippen LogP contribution in [-0.2, 0) is 14.3 Å². The van der Waals surface area contributed by atoms with Crippen LogP contribution in [0.3, 0.4) is 0 Å². The maximum Gasteiger partial charge on any atom is 0.339 e. The molecule has 0 spiro atoms. The molecule has 0 heterocycles. The smallest absolute Gasteiger partial charge is 0.339 e. The van der Waals surface area contributed by atoms with Gasteiger partial charge in [-0.3, -0.25) is 4.79 Å². The van der Waals surface area contributed by atoms with E-state index in [1.807, 2.05) is 6.07 Å². The number of nitrogens with one attached hydrogen (secondary N) is 1. The number of amides is 1. The maximum absolute atomic E-state index is 12.3. The number of hydrogen-bond acceptors (Lipinski definition) is 6. The molecule has 8 heteroatoms. The Hall–Kier alpha value is -2.51. The highest BCUT2D eigenvalue weighted by molar-refractivity contribution is 8.00. The minimum atomic E-state index is -0.629. The average molecular weight is 394 g/mol. The van der Waals surface area contributed by atoms with E-state index in [1.165, 1.54) is 44.2 Å². The molecule has 2 aromatic carbocycles. The standard InChI is InChI=1S/C18H16ClNO5S/c1-24-17(22)11-7-8-12(18(23)25-2)14(9-11)20-16(21)10-26-15-6-4-3-5-13(15)19/h3-9H,10H2,1-2H3,(H,20,21). The van der Waals surface area contributed by atoms with E-state index < -0.39 is 11.9 Å². The van der Waals surface area contributed by atoms with Crippen molar-refractivity contribution >= 4 is 46.9 Å². The van der Waals surface area contributed by atoms with Crippen molar-refractivity contribution in [2.75, 3.05) is 25.3 Å². The molecule has 0 unspecified atom stereocenters. The number of anilines is 1. The molecule has 1 N–H and O–H groups in total. The number of halogens is 1. The minimum absolute atomic E-state index is 0.0762. The predicted molar refractivity (Wildman–Crippen MR) is 99.9 cm³/mol. The largest absolute Gasteiger partial charge is 0.465 e. The molecule has 0 saturated heterocycles. The number of ether oxygens (including phenoxy) is 2. The van der Waals surface area contributed by atoms with Crippen molar-refractivity contribution in [2.24, 2.45) is 0 Å². The van der Waals surface area contributed by atoms with Gasteiger partial charge in [-0.1, -0.05) is 23.7 Å². The Labute approximate surface area is 159 Å². The molecule has 1 amide bonds. The van der Waals surface area contributed by atoms with Gasteiger partial charge in [0.15, 0.2) is 0 Å². The van der Waals surface area contributed by atoms with Crippen molar-refractivity contribution in [3.63, 3.8) is 0 Å². The van der Waals surface area contributed by atoms with E-state index in [0.29, 0.717) is 5.02 Å². The van der Waals surface area contributed by atoms with E-state index in [9.17, 15) is 14.4 Å². The molecule has 2 aromatic rings. The molecule has 0 bridgehead atoms. The van der Waals surface area contributed by atoms with Crippen molar-refractivity contribution in [3.05, 3.63) is 58.6 Å². The maximum atomic E-state index is 12.3. The van der Waals surface area contributed by atoms with E-state index in [1.54, 1.807) is 18.2 Å². The number of thioether (sulfide) groups is 1. The van der Waals surface area contributed by atoms with Crippen LogP contribution in [0.15, 0.2) is 47.4 Å². The van der Waals surface area contributed by atoms with Gasteiger partial charge in [0.2, 0.25) is 5.91 Å². The van der Waals surface area contributed by atoms with E-state index >= 15 is 0 Å². The Morgan fingerprint density at radius 3 is 2.38 bits per heavy atom. The van der Waals surface area contributed by atoms with E-state index in [-0.39, 0.29) is 28.5 Å². The molecule has 0 aliphatic carbocycles. The number of benzene rings is 2. The van der Waals surface area contributed by atoms with Crippen LogP contribution in [0.4, 0.5) is 5.69 Å². The Bertz CT molecular complexity index is 840. The number of rotatable bonds is 6. The van der Waals surface area contributed by atoms with Gasteiger partial charge in [0.1, 0.15) is 0 Å². The van der Waals surface area contributed by atoms with Gasteiger partial charge in [-0.05, 0) is 30.3 Å². The fourth-order valence-corrected chi connectivity index (χ4v) is 3.11. The quantitative estimate of drug-likeness (QED) is 0.596. The van der Waals surface area contributed by atoms with Crippen LogP contribution in [0.2, 0.25) is 5.02 Å². The van der Waals surface area contributed by atoms with Crippen LogP contribution in [0, 0.1) is 0 Å². The third-order valence-corrected chi connectivity index (χ3v) is 4.83. The summed E-state index contributed by atoms with van der Waals surface area (Å²) in [5.41, 5.74) is 0.509. The van der Waals surface area contributed by atoms with Crippen LogP contribution >= 0.6 is 23.4 Å². The summed E-state index contributed by atoms with van der Waals surface area (Å²) in [5.74, 6) is -1.49. The van der Waals surface area contributed by atoms with Crippen LogP contribution < -0.4 is 5.32 Å². The van der Waals surface area contributed by atoms with Crippen LogP contribution in [0.5, 0.6) is 0 Å². The molecule has 0 aliphatic rings. The zero-order valence-electron chi connectivity index (χ0n) is 14.1. The zero-order valence-corrected chi connectivity index (χ0v) is 15.6. The van der Waals surface area contributed by atoms with Gasteiger partial charge in [-0.25, -0.2) is 9.59 Å². The lowest BCUT2D eigenvalue weighted by molar-refractivity contribution is -0.113. The fraction of sp³-hybridized carbons (Fsp3) is 0.167. The van der Waals surface area contributed by atoms with Gasteiger partial charge in [-0.2, -0.15) is 0 Å². The van der Waals surface area contributed by atoms with Crippen LogP contribution in [0.25, 0.3) is 0 Å². The molecule has 0 fully saturated rings. The van der Waals surface area contributed by atoms with Crippen molar-refractivity contribution < 1.29 is 23.9 Å². The number of esters is 2. The summed E-state index contributed by atoms with van der Waals surface area (Å²) in [6, 6.07) is 11.3. The lowest BCUT2D eigenvalue weighted by Crippen LogP contribution is -2.18. The first-order valence-electron chi connectivity index (χ1n) is 7.44. The Kier molecular flexibility index (Phi) is 7.06. The minimum Gasteiger partial charge on any atom is -0.465 e. The van der Waals surface area contributed by atoms with Gasteiger partial charge >= 0.3 is 11.9 Å². The van der Waals surface area contributed by atoms with E-state index in [2.05, 4.69) is 10.1 Å². The Morgan fingerprint density at radius 1 is 1.04 bits per heavy atom. The van der Waals surface area contributed by atoms with Crippen LogP contribution in [-0.4, -0.2) is 37.8 Å². The molecule has 0 aliphatic heterocycles. The molecular formula is C18H16ClNO5S. The number of methoxy groups -OCH3 is 2. The summed E-state index contributed by atoms with van der Waals surface area (Å²) < 4.78 is 9.36. The Balaban J connectivity index is 2.17. The normalized spacial score (nSPS) is 10.1. The third kappa shape index (κ3) is 5.00. The van der Waals surface area contributed by atoms with Crippen molar-refractivity contribution in [3.8, 4) is 0 Å². The first-order chi connectivity index (χ1) is 12.5. The van der Waals surface area contributed by atoms with Gasteiger partial charge in [0.05, 0.1) is 41.8 Å². The van der Waals surface area contributed by atoms with Crippen LogP contribution in [0.1, 0.15) is 20.7 Å². The van der Waals surface area contributed by atoms with Crippen molar-refractivity contribution in [1.29, 1.82) is 0 Å². The van der Waals surface area contributed by atoms with Gasteiger partial charge in [0.25, 0.3) is 0 Å². The average Bonchev–Trinajstić information content (AvgIpc) is 2.66. The molecule has 6 nitrogen and oxygen atoms in total. The topological polar surface area (TPSA) is 81.7 Å². The number of hydrogen-bond donors (Lipinski definition) is 1. The summed E-state index contributed by atoms with van der Waals surface area (Å²) >= 11 is 7.32. The molecule has 136 valence electrons. The third-order valence-electron chi connectivity index (χ3n) is 3.32. The van der Waals surface area contributed by atoms with E-state index in [4.69, 9.17) is 16.3 Å². The molecule has 2 rings (SSSR count). The second kappa shape index (κ2) is 9.26. The second-order valence-corrected chi connectivity index (χ2v) is 6.44. The van der Waals surface area contributed by atoms with Gasteiger partial charge in [0, 0.05) is 4.90 Å². The molecular weight excluding hydrogens is 378 g/mol. The summed E-state index contributed by atoms with van der Waals surface area (Å²) in [6.45, 7) is 0. The molecule has 0 aromatic heterocycles. The summed E-state index contributed by atoms with van der Waals surface area (Å²) in [5, 5.41) is 3.17. The Morgan fingerprint density at radius 2 is 1.73 bits per heavy atom. The zero-order chi connectivity index (χ0) is 19.1. The summed E-state index contributed by atoms with van der Waals surface area (Å²) in [4.78, 5) is 36.6. The van der Waals surface area contributed by atoms with Crippen molar-refractivity contribution in [1.82, 2.24) is 0 Å².